The van der Waals surface area contributed by atoms with Gasteiger partial charge in [-0.25, -0.2) is 0 Å². The Balaban J connectivity index is 3.15. The van der Waals surface area contributed by atoms with Gasteiger partial charge in [0.2, 0.25) is 0 Å². The summed E-state index contributed by atoms with van der Waals surface area (Å²) in [5, 5.41) is 9.19. The van der Waals surface area contributed by atoms with E-state index in [4.69, 9.17) is 42.2 Å². The lowest BCUT2D eigenvalue weighted by Crippen LogP contribution is -1.99. The van der Waals surface area contributed by atoms with E-state index < -0.39 is 6.72 Å². The number of nitriles is 1. The lowest BCUT2D eigenvalue weighted by Gasteiger charge is -2.19. The number of hydrogen-bond acceptors (Lipinski definition) is 5. The second kappa shape index (κ2) is 5.62. The van der Waals surface area contributed by atoms with E-state index in [1.807, 2.05) is 6.07 Å². The van der Waals surface area contributed by atoms with Crippen LogP contribution in [0.15, 0.2) is 18.2 Å². The maximum atomic E-state index is 8.89. The molecule has 0 aromatic heterocycles. The first-order chi connectivity index (χ1) is 7.56. The Morgan fingerprint density at radius 1 is 1.38 bits per heavy atom. The van der Waals surface area contributed by atoms with Crippen molar-refractivity contribution in [2.24, 2.45) is 0 Å². The van der Waals surface area contributed by atoms with Crippen molar-refractivity contribution >= 4 is 30.1 Å². The van der Waals surface area contributed by atoms with E-state index in [1.165, 1.54) is 14.2 Å². The number of para-hydroxylation sites is 1. The maximum absolute atomic E-state index is 8.89. The van der Waals surface area contributed by atoms with Crippen molar-refractivity contribution in [3.05, 3.63) is 28.8 Å². The number of rotatable bonds is 4. The Morgan fingerprint density at radius 2 is 2.00 bits per heavy atom. The van der Waals surface area contributed by atoms with Crippen LogP contribution < -0.4 is 4.52 Å². The van der Waals surface area contributed by atoms with Gasteiger partial charge in [-0.05, 0) is 12.1 Å². The summed E-state index contributed by atoms with van der Waals surface area (Å²) >= 11 is 10.9. The first-order valence-electron chi connectivity index (χ1n) is 4.16. The van der Waals surface area contributed by atoms with Gasteiger partial charge in [-0.15, -0.1) is 0 Å². The zero-order valence-electron chi connectivity index (χ0n) is 8.64. The van der Waals surface area contributed by atoms with Gasteiger partial charge in [0.15, 0.2) is 5.75 Å². The molecule has 0 amide bonds. The summed E-state index contributed by atoms with van der Waals surface area (Å²) < 4.78 is 15.3. The van der Waals surface area contributed by atoms with E-state index in [1.54, 1.807) is 18.2 Å². The third-order valence-corrected chi connectivity index (χ3v) is 4.45. The average molecular weight is 278 g/mol. The molecular formula is C9H9ClNO3PS. The fourth-order valence-corrected chi connectivity index (χ4v) is 2.16. The largest absolute Gasteiger partial charge is 0.421 e. The molecule has 1 rings (SSSR count). The molecule has 0 unspecified atom stereocenters. The molecule has 0 radical (unpaired) electrons. The fourth-order valence-electron chi connectivity index (χ4n) is 0.951. The van der Waals surface area contributed by atoms with E-state index in [0.29, 0.717) is 5.02 Å². The summed E-state index contributed by atoms with van der Waals surface area (Å²) in [6, 6.07) is 6.78. The number of hydrogen-bond donors (Lipinski definition) is 0. The lowest BCUT2D eigenvalue weighted by molar-refractivity contribution is 0.273. The first kappa shape index (κ1) is 13.4. The van der Waals surface area contributed by atoms with Crippen LogP contribution in [0.25, 0.3) is 0 Å². The Kier molecular flexibility index (Phi) is 4.72. The molecule has 0 spiro atoms. The minimum Gasteiger partial charge on any atom is -0.421 e. The van der Waals surface area contributed by atoms with Crippen LogP contribution in [0, 0.1) is 11.3 Å². The third-order valence-electron chi connectivity index (χ3n) is 1.74. The Labute approximate surface area is 104 Å². The normalized spacial score (nSPS) is 10.9. The van der Waals surface area contributed by atoms with E-state index in [2.05, 4.69) is 0 Å². The van der Waals surface area contributed by atoms with Crippen LogP contribution in [0.2, 0.25) is 5.02 Å². The van der Waals surface area contributed by atoms with Crippen LogP contribution in [0.1, 0.15) is 5.56 Å². The standard InChI is InChI=1S/C9H9ClNO3PS/c1-12-15(16,13-2)14-9-7(6-11)4-3-5-8(9)10/h3-5H,1-2H3. The molecule has 0 fully saturated rings. The minimum atomic E-state index is -2.87. The van der Waals surface area contributed by atoms with Gasteiger partial charge < -0.3 is 13.6 Å². The van der Waals surface area contributed by atoms with Gasteiger partial charge >= 0.3 is 6.72 Å². The van der Waals surface area contributed by atoms with Crippen molar-refractivity contribution in [1.29, 1.82) is 5.26 Å². The van der Waals surface area contributed by atoms with Crippen molar-refractivity contribution < 1.29 is 13.6 Å². The van der Waals surface area contributed by atoms with Gasteiger partial charge in [0.25, 0.3) is 0 Å². The number of halogens is 1. The van der Waals surface area contributed by atoms with Crippen molar-refractivity contribution in [2.45, 2.75) is 0 Å². The summed E-state index contributed by atoms with van der Waals surface area (Å²) in [5.74, 6) is 0.193. The Bertz CT molecular complexity index is 466. The first-order valence-corrected chi connectivity index (χ1v) is 7.09. The average Bonchev–Trinajstić information content (AvgIpc) is 2.31. The predicted octanol–water partition coefficient (Wildman–Crippen LogP) is 3.11. The van der Waals surface area contributed by atoms with Gasteiger partial charge in [0, 0.05) is 26.0 Å². The molecule has 0 aliphatic rings. The summed E-state index contributed by atoms with van der Waals surface area (Å²) in [4.78, 5) is 0. The molecule has 0 bridgehead atoms. The summed E-state index contributed by atoms with van der Waals surface area (Å²) in [6.45, 7) is -2.87. The highest BCUT2D eigenvalue weighted by Crippen LogP contribution is 2.50. The van der Waals surface area contributed by atoms with Gasteiger partial charge in [0.1, 0.15) is 6.07 Å². The zero-order chi connectivity index (χ0) is 12.2. The van der Waals surface area contributed by atoms with Crippen LogP contribution in [0.5, 0.6) is 5.75 Å². The van der Waals surface area contributed by atoms with Crippen molar-refractivity contribution in [3.8, 4) is 11.8 Å². The van der Waals surface area contributed by atoms with Crippen LogP contribution in [0.3, 0.4) is 0 Å². The maximum Gasteiger partial charge on any atom is 0.380 e. The van der Waals surface area contributed by atoms with Crippen LogP contribution in [-0.4, -0.2) is 14.2 Å². The van der Waals surface area contributed by atoms with Gasteiger partial charge in [-0.2, -0.15) is 5.26 Å². The minimum absolute atomic E-state index is 0.193. The van der Waals surface area contributed by atoms with Gasteiger partial charge in [-0.3, -0.25) is 0 Å². The summed E-state index contributed by atoms with van der Waals surface area (Å²) in [7, 11) is 2.76. The van der Waals surface area contributed by atoms with E-state index in [0.717, 1.165) is 0 Å². The van der Waals surface area contributed by atoms with Crippen molar-refractivity contribution in [3.63, 3.8) is 0 Å². The van der Waals surface area contributed by atoms with Gasteiger partial charge in [0.05, 0.1) is 10.6 Å². The molecule has 0 aliphatic heterocycles. The molecule has 0 aliphatic carbocycles. The van der Waals surface area contributed by atoms with E-state index in [-0.39, 0.29) is 11.3 Å². The summed E-state index contributed by atoms with van der Waals surface area (Å²) in [5.41, 5.74) is 0.288. The molecule has 0 saturated heterocycles. The third kappa shape index (κ3) is 2.94. The smallest absolute Gasteiger partial charge is 0.380 e. The van der Waals surface area contributed by atoms with E-state index in [9.17, 15) is 0 Å². The molecule has 0 atom stereocenters. The second-order valence-corrected chi connectivity index (χ2v) is 6.19. The Morgan fingerprint density at radius 3 is 2.50 bits per heavy atom. The molecule has 0 N–H and O–H groups in total. The highest BCUT2D eigenvalue weighted by molar-refractivity contribution is 8.07. The monoisotopic (exact) mass is 277 g/mol. The van der Waals surface area contributed by atoms with Crippen LogP contribution in [0.4, 0.5) is 0 Å². The second-order valence-electron chi connectivity index (χ2n) is 2.63. The predicted molar refractivity (Wildman–Crippen MR) is 65.1 cm³/mol. The van der Waals surface area contributed by atoms with Crippen LogP contribution >= 0.6 is 18.3 Å². The molecule has 4 nitrogen and oxygen atoms in total. The van der Waals surface area contributed by atoms with E-state index >= 15 is 0 Å². The molecule has 0 heterocycles. The molecule has 86 valence electrons. The molecule has 7 heteroatoms. The summed E-state index contributed by atoms with van der Waals surface area (Å²) in [6.07, 6.45) is 0. The quantitative estimate of drug-likeness (QED) is 0.792. The number of nitrogens with zero attached hydrogens (tertiary/aromatic N) is 1. The molecule has 16 heavy (non-hydrogen) atoms. The van der Waals surface area contributed by atoms with Crippen molar-refractivity contribution in [2.75, 3.05) is 14.2 Å². The highest BCUT2D eigenvalue weighted by atomic mass is 35.5. The Hall–Kier alpha value is -0.630. The number of benzene rings is 1. The molecular weight excluding hydrogens is 269 g/mol. The molecule has 0 saturated carbocycles. The molecule has 1 aromatic carbocycles. The fraction of sp³-hybridized carbons (Fsp3) is 0.222. The van der Waals surface area contributed by atoms with Crippen LogP contribution in [-0.2, 0) is 20.9 Å². The lowest BCUT2D eigenvalue weighted by atomic mass is 10.2. The molecule has 1 aromatic rings. The zero-order valence-corrected chi connectivity index (χ0v) is 11.1. The topological polar surface area (TPSA) is 51.5 Å². The van der Waals surface area contributed by atoms with Crippen molar-refractivity contribution in [1.82, 2.24) is 0 Å². The SMILES string of the molecule is COP(=S)(OC)Oc1c(Cl)cccc1C#N. The highest BCUT2D eigenvalue weighted by Gasteiger charge is 2.22. The van der Waals surface area contributed by atoms with Gasteiger partial charge in [-0.1, -0.05) is 17.7 Å².